The van der Waals surface area contributed by atoms with E-state index in [0.717, 1.165) is 45.0 Å². The van der Waals surface area contributed by atoms with Crippen LogP contribution in [-0.4, -0.2) is 21.9 Å². The molecule has 0 amide bonds. The Bertz CT molecular complexity index is 1330. The highest BCUT2D eigenvalue weighted by Gasteiger charge is 2.15. The zero-order valence-electron chi connectivity index (χ0n) is 16.9. The fourth-order valence-corrected chi connectivity index (χ4v) is 3.56. The molecule has 152 valence electrons. The van der Waals surface area contributed by atoms with Crippen molar-refractivity contribution in [2.75, 3.05) is 12.8 Å². The van der Waals surface area contributed by atoms with Crippen LogP contribution in [0.4, 0.5) is 5.82 Å². The van der Waals surface area contributed by atoms with Crippen molar-refractivity contribution in [2.24, 2.45) is 0 Å². The first-order valence-electron chi connectivity index (χ1n) is 9.83. The molecule has 5 aromatic rings. The number of nitrogens with two attached hydrogens (primary N) is 1. The number of benzene rings is 3. The number of ether oxygens (including phenoxy) is 2. The number of hydrogen-bond donors (Lipinski definition) is 1. The summed E-state index contributed by atoms with van der Waals surface area (Å²) in [7, 11) is 1.64. The van der Waals surface area contributed by atoms with Crippen molar-refractivity contribution in [1.29, 1.82) is 0 Å². The van der Waals surface area contributed by atoms with E-state index in [1.807, 2.05) is 85.1 Å². The van der Waals surface area contributed by atoms with Gasteiger partial charge >= 0.3 is 0 Å². The lowest BCUT2D eigenvalue weighted by Crippen LogP contribution is -1.97. The van der Waals surface area contributed by atoms with Gasteiger partial charge in [-0.15, -0.1) is 5.10 Å². The summed E-state index contributed by atoms with van der Waals surface area (Å²) in [6, 6.07) is 25.2. The molecule has 0 saturated carbocycles. The van der Waals surface area contributed by atoms with E-state index in [1.54, 1.807) is 18.0 Å². The smallest absolute Gasteiger partial charge is 0.154 e. The van der Waals surface area contributed by atoms with Crippen molar-refractivity contribution >= 4 is 16.7 Å². The minimum atomic E-state index is 0.452. The molecule has 0 aliphatic rings. The van der Waals surface area contributed by atoms with Crippen molar-refractivity contribution in [3.05, 3.63) is 91.3 Å². The van der Waals surface area contributed by atoms with Crippen LogP contribution in [0.15, 0.2) is 91.3 Å². The maximum absolute atomic E-state index is 6.33. The molecule has 2 N–H and O–H groups in total. The van der Waals surface area contributed by atoms with Gasteiger partial charge in [0.1, 0.15) is 17.2 Å². The summed E-state index contributed by atoms with van der Waals surface area (Å²) < 4.78 is 12.9. The molecule has 0 bridgehead atoms. The highest BCUT2D eigenvalue weighted by molar-refractivity contribution is 6.01. The number of aromatic nitrogens is 3. The lowest BCUT2D eigenvalue weighted by Gasteiger charge is -2.08. The summed E-state index contributed by atoms with van der Waals surface area (Å²) in [5.41, 5.74) is 9.96. The molecule has 0 radical (unpaired) electrons. The first-order chi connectivity index (χ1) is 15.2. The van der Waals surface area contributed by atoms with Crippen molar-refractivity contribution in [3.63, 3.8) is 0 Å². The lowest BCUT2D eigenvalue weighted by atomic mass is 10.0. The Hall–Kier alpha value is -4.32. The third-order valence-electron chi connectivity index (χ3n) is 5.08. The first-order valence-corrected chi connectivity index (χ1v) is 9.83. The molecule has 2 aromatic heterocycles. The van der Waals surface area contributed by atoms with Crippen molar-refractivity contribution in [3.8, 4) is 34.1 Å². The van der Waals surface area contributed by atoms with E-state index in [0.29, 0.717) is 5.82 Å². The number of hydrogen-bond acceptors (Lipinski definition) is 5. The number of rotatable bonds is 5. The molecule has 0 atom stereocenters. The maximum Gasteiger partial charge on any atom is 0.154 e. The van der Waals surface area contributed by atoms with E-state index in [9.17, 15) is 0 Å². The van der Waals surface area contributed by atoms with Crippen molar-refractivity contribution < 1.29 is 9.47 Å². The Morgan fingerprint density at radius 1 is 0.774 bits per heavy atom. The van der Waals surface area contributed by atoms with E-state index < -0.39 is 0 Å². The van der Waals surface area contributed by atoms with Gasteiger partial charge in [-0.1, -0.05) is 30.3 Å². The quantitative estimate of drug-likeness (QED) is 0.417. The molecule has 6 heteroatoms. The lowest BCUT2D eigenvalue weighted by molar-refractivity contribution is 0.414. The van der Waals surface area contributed by atoms with Crippen LogP contribution in [0.1, 0.15) is 0 Å². The molecule has 0 saturated heterocycles. The number of nitrogens with zero attached hydrogens (tertiary/aromatic N) is 3. The predicted molar refractivity (Wildman–Crippen MR) is 122 cm³/mol. The number of nitrogen functional groups attached to an aromatic ring is 1. The topological polar surface area (TPSA) is 75.2 Å². The van der Waals surface area contributed by atoms with Crippen LogP contribution in [-0.2, 0) is 0 Å². The van der Waals surface area contributed by atoms with E-state index in [4.69, 9.17) is 15.2 Å². The van der Waals surface area contributed by atoms with Gasteiger partial charge in [-0.25, -0.2) is 4.68 Å². The number of anilines is 1. The third kappa shape index (κ3) is 3.55. The van der Waals surface area contributed by atoms with Crippen LogP contribution in [0.5, 0.6) is 17.2 Å². The van der Waals surface area contributed by atoms with Crippen LogP contribution < -0.4 is 15.2 Å². The van der Waals surface area contributed by atoms with Gasteiger partial charge in [-0.05, 0) is 54.1 Å². The van der Waals surface area contributed by atoms with Gasteiger partial charge in [0.15, 0.2) is 5.82 Å². The molecular weight excluding hydrogens is 388 g/mol. The molecule has 0 spiro atoms. The van der Waals surface area contributed by atoms with Crippen LogP contribution in [0.2, 0.25) is 0 Å². The van der Waals surface area contributed by atoms with E-state index in [-0.39, 0.29) is 0 Å². The highest BCUT2D eigenvalue weighted by atomic mass is 16.5. The highest BCUT2D eigenvalue weighted by Crippen LogP contribution is 2.34. The molecular formula is C25H20N4O2. The SMILES string of the molecule is COc1ccc(-n2nc(N)c3c(-c4ccc(Oc5ccccc5)cc4)cncc32)cc1. The van der Waals surface area contributed by atoms with Gasteiger partial charge in [0, 0.05) is 11.8 Å². The molecule has 0 aliphatic heterocycles. The van der Waals surface area contributed by atoms with Crippen LogP contribution in [0.25, 0.3) is 27.7 Å². The van der Waals surface area contributed by atoms with E-state index in [2.05, 4.69) is 10.1 Å². The second-order valence-corrected chi connectivity index (χ2v) is 7.02. The van der Waals surface area contributed by atoms with Gasteiger partial charge < -0.3 is 15.2 Å². The van der Waals surface area contributed by atoms with Crippen molar-refractivity contribution in [1.82, 2.24) is 14.8 Å². The third-order valence-corrected chi connectivity index (χ3v) is 5.08. The standard InChI is InChI=1S/C25H20N4O2/c1-30-19-13-9-18(10-14-19)29-23-16-27-15-22(24(23)25(26)28-29)17-7-11-21(12-8-17)31-20-5-3-2-4-6-20/h2-16H,1H3,(H2,26,28). The van der Waals surface area contributed by atoms with Gasteiger partial charge in [0.25, 0.3) is 0 Å². The molecule has 0 aliphatic carbocycles. The monoisotopic (exact) mass is 408 g/mol. The normalized spacial score (nSPS) is 10.9. The molecule has 3 aromatic carbocycles. The number of para-hydroxylation sites is 1. The van der Waals surface area contributed by atoms with Gasteiger partial charge in [0.05, 0.1) is 29.9 Å². The number of fused-ring (bicyclic) bond motifs is 1. The fourth-order valence-electron chi connectivity index (χ4n) is 3.56. The number of methoxy groups -OCH3 is 1. The van der Waals surface area contributed by atoms with Gasteiger partial charge in [0.2, 0.25) is 0 Å². The first kappa shape index (κ1) is 18.7. The molecule has 6 nitrogen and oxygen atoms in total. The van der Waals surface area contributed by atoms with Crippen LogP contribution >= 0.6 is 0 Å². The molecule has 0 fully saturated rings. The average Bonchev–Trinajstić information content (AvgIpc) is 3.17. The summed E-state index contributed by atoms with van der Waals surface area (Å²) in [6.45, 7) is 0. The minimum absolute atomic E-state index is 0.452. The zero-order chi connectivity index (χ0) is 21.2. The second kappa shape index (κ2) is 7.84. The summed E-state index contributed by atoms with van der Waals surface area (Å²) in [6.07, 6.45) is 3.59. The predicted octanol–water partition coefficient (Wildman–Crippen LogP) is 5.47. The Morgan fingerprint density at radius 3 is 2.16 bits per heavy atom. The summed E-state index contributed by atoms with van der Waals surface area (Å²) in [5.74, 6) is 2.79. The van der Waals surface area contributed by atoms with Gasteiger partial charge in [-0.2, -0.15) is 0 Å². The van der Waals surface area contributed by atoms with Crippen LogP contribution in [0, 0.1) is 0 Å². The molecule has 31 heavy (non-hydrogen) atoms. The van der Waals surface area contributed by atoms with Crippen molar-refractivity contribution in [2.45, 2.75) is 0 Å². The zero-order valence-corrected chi connectivity index (χ0v) is 16.9. The molecule has 0 unspecified atom stereocenters. The fraction of sp³-hybridized carbons (Fsp3) is 0.0400. The summed E-state index contributed by atoms with van der Waals surface area (Å²) in [4.78, 5) is 4.44. The molecule has 5 rings (SSSR count). The van der Waals surface area contributed by atoms with E-state index in [1.165, 1.54) is 0 Å². The minimum Gasteiger partial charge on any atom is -0.497 e. The Morgan fingerprint density at radius 2 is 1.45 bits per heavy atom. The Labute approximate surface area is 179 Å². The van der Waals surface area contributed by atoms with Gasteiger partial charge in [-0.3, -0.25) is 4.98 Å². The Kier molecular flexibility index (Phi) is 4.72. The summed E-state index contributed by atoms with van der Waals surface area (Å²) in [5, 5.41) is 5.43. The number of pyridine rings is 1. The average molecular weight is 408 g/mol. The van der Waals surface area contributed by atoms with Crippen LogP contribution in [0.3, 0.4) is 0 Å². The van der Waals surface area contributed by atoms with E-state index >= 15 is 0 Å². The molecule has 2 heterocycles. The largest absolute Gasteiger partial charge is 0.497 e. The second-order valence-electron chi connectivity index (χ2n) is 7.02. The summed E-state index contributed by atoms with van der Waals surface area (Å²) >= 11 is 0. The maximum atomic E-state index is 6.33. The Balaban J connectivity index is 1.52.